The van der Waals surface area contributed by atoms with Crippen molar-refractivity contribution in [3.8, 4) is 10.8 Å². The molecule has 0 aromatic carbocycles. The summed E-state index contributed by atoms with van der Waals surface area (Å²) >= 11 is 3.12. The molecule has 5 nitrogen and oxygen atoms in total. The van der Waals surface area contributed by atoms with Crippen molar-refractivity contribution in [2.24, 2.45) is 5.92 Å². The van der Waals surface area contributed by atoms with Gasteiger partial charge in [0, 0.05) is 10.9 Å². The summed E-state index contributed by atoms with van der Waals surface area (Å²) in [5.74, 6) is 1.39. The van der Waals surface area contributed by atoms with Gasteiger partial charge >= 0.3 is 0 Å². The summed E-state index contributed by atoms with van der Waals surface area (Å²) in [4.78, 5) is 15.1. The van der Waals surface area contributed by atoms with Gasteiger partial charge in [-0.3, -0.25) is 4.79 Å². The highest BCUT2D eigenvalue weighted by molar-refractivity contribution is 8.00. The molecule has 2 aromatic heterocycles. The first-order chi connectivity index (χ1) is 13.6. The largest absolute Gasteiger partial charge is 0.410 e. The number of thiophene rings is 1. The van der Waals surface area contributed by atoms with Gasteiger partial charge in [0.2, 0.25) is 5.91 Å². The number of amides is 1. The molecule has 0 aliphatic heterocycles. The highest BCUT2D eigenvalue weighted by Gasteiger charge is 2.24. The van der Waals surface area contributed by atoms with E-state index in [4.69, 9.17) is 4.42 Å². The molecule has 0 radical (unpaired) electrons. The van der Waals surface area contributed by atoms with E-state index in [9.17, 15) is 4.79 Å². The maximum Gasteiger partial charge on any atom is 0.277 e. The molecule has 1 fully saturated rings. The smallest absolute Gasteiger partial charge is 0.277 e. The first-order valence-electron chi connectivity index (χ1n) is 10.5. The Balaban J connectivity index is 1.36. The predicted molar refractivity (Wildman–Crippen MR) is 114 cm³/mol. The second-order valence-corrected chi connectivity index (χ2v) is 10.7. The van der Waals surface area contributed by atoms with Gasteiger partial charge in [-0.15, -0.1) is 21.5 Å². The number of carbonyl (C=O) groups excluding carboxylic acids is 1. The fourth-order valence-electron chi connectivity index (χ4n) is 4.12. The number of hydrogen-bond donors (Lipinski definition) is 1. The van der Waals surface area contributed by atoms with E-state index in [1.54, 1.807) is 11.3 Å². The van der Waals surface area contributed by atoms with Crippen LogP contribution >= 0.6 is 23.1 Å². The van der Waals surface area contributed by atoms with Crippen LogP contribution in [-0.4, -0.2) is 27.4 Å². The lowest BCUT2D eigenvalue weighted by molar-refractivity contribution is -0.121. The molecule has 0 bridgehead atoms. The van der Waals surface area contributed by atoms with Crippen LogP contribution < -0.4 is 5.32 Å². The fourth-order valence-corrected chi connectivity index (χ4v) is 5.94. The fraction of sp³-hybridized carbons (Fsp3) is 0.667. The third kappa shape index (κ3) is 4.79. The molecule has 2 atom stereocenters. The molecule has 0 spiro atoms. The lowest BCUT2D eigenvalue weighted by Gasteiger charge is -2.18. The SMILES string of the molecule is C[C@@H]1CCc2sc(-c3nnc(S[C@H](C)C(=O)NC4CCCCCC4)o3)cc2C1. The van der Waals surface area contributed by atoms with Crippen LogP contribution in [0.25, 0.3) is 10.8 Å². The number of fused-ring (bicyclic) bond motifs is 1. The van der Waals surface area contributed by atoms with Crippen molar-refractivity contribution < 1.29 is 9.21 Å². The average Bonchev–Trinajstić information content (AvgIpc) is 3.22. The quantitative estimate of drug-likeness (QED) is 0.530. The Morgan fingerprint density at radius 3 is 2.82 bits per heavy atom. The minimum atomic E-state index is -0.242. The summed E-state index contributed by atoms with van der Waals surface area (Å²) in [5.41, 5.74) is 1.43. The molecular formula is C21H29N3O2S2. The number of thioether (sulfide) groups is 1. The third-order valence-corrected chi connectivity index (χ3v) is 7.95. The summed E-state index contributed by atoms with van der Waals surface area (Å²) in [6, 6.07) is 2.52. The van der Waals surface area contributed by atoms with Crippen molar-refractivity contribution in [2.75, 3.05) is 0 Å². The van der Waals surface area contributed by atoms with Gasteiger partial charge < -0.3 is 9.73 Å². The molecule has 0 saturated heterocycles. The molecule has 7 heteroatoms. The molecule has 28 heavy (non-hydrogen) atoms. The summed E-state index contributed by atoms with van der Waals surface area (Å²) in [6.07, 6.45) is 10.7. The van der Waals surface area contributed by atoms with Gasteiger partial charge in [0.1, 0.15) is 0 Å². The number of aromatic nitrogens is 2. The Labute approximate surface area is 175 Å². The van der Waals surface area contributed by atoms with Crippen LogP contribution in [0.5, 0.6) is 0 Å². The predicted octanol–water partition coefficient (Wildman–Crippen LogP) is 5.24. The molecule has 2 aliphatic carbocycles. The number of hydrogen-bond acceptors (Lipinski definition) is 6. The molecule has 1 amide bonds. The normalized spacial score (nSPS) is 21.7. The van der Waals surface area contributed by atoms with Crippen LogP contribution in [0.15, 0.2) is 15.7 Å². The molecule has 152 valence electrons. The van der Waals surface area contributed by atoms with E-state index in [0.29, 0.717) is 17.2 Å². The lowest BCUT2D eigenvalue weighted by Crippen LogP contribution is -2.39. The van der Waals surface area contributed by atoms with E-state index in [-0.39, 0.29) is 11.2 Å². The van der Waals surface area contributed by atoms with E-state index in [0.717, 1.165) is 36.5 Å². The van der Waals surface area contributed by atoms with Gasteiger partial charge in [-0.1, -0.05) is 44.4 Å². The molecule has 0 unspecified atom stereocenters. The van der Waals surface area contributed by atoms with Crippen LogP contribution in [0.1, 0.15) is 69.2 Å². The zero-order chi connectivity index (χ0) is 19.5. The van der Waals surface area contributed by atoms with Crippen molar-refractivity contribution in [1.82, 2.24) is 15.5 Å². The van der Waals surface area contributed by atoms with E-state index in [1.807, 2.05) is 6.92 Å². The van der Waals surface area contributed by atoms with E-state index >= 15 is 0 Å². The lowest BCUT2D eigenvalue weighted by atomic mass is 9.90. The van der Waals surface area contributed by atoms with Crippen LogP contribution in [-0.2, 0) is 17.6 Å². The first-order valence-corrected chi connectivity index (χ1v) is 12.2. The Morgan fingerprint density at radius 2 is 2.04 bits per heavy atom. The zero-order valence-corrected chi connectivity index (χ0v) is 18.3. The van der Waals surface area contributed by atoms with Crippen LogP contribution in [0, 0.1) is 5.92 Å². The van der Waals surface area contributed by atoms with Gasteiger partial charge in [0.15, 0.2) is 0 Å². The highest BCUT2D eigenvalue weighted by atomic mass is 32.2. The minimum absolute atomic E-state index is 0.0669. The standard InChI is InChI=1S/C21H29N3O2S2/c1-13-9-10-17-15(11-13)12-18(28-17)20-23-24-21(26-20)27-14(2)19(25)22-16-7-5-3-4-6-8-16/h12-14,16H,3-11H2,1-2H3,(H,22,25)/t13-,14-/m1/s1. The Morgan fingerprint density at radius 1 is 1.25 bits per heavy atom. The van der Waals surface area contributed by atoms with Gasteiger partial charge in [0.25, 0.3) is 11.1 Å². The number of nitrogens with one attached hydrogen (secondary N) is 1. The summed E-state index contributed by atoms with van der Waals surface area (Å²) < 4.78 is 5.88. The number of rotatable bonds is 5. The topological polar surface area (TPSA) is 68.0 Å². The minimum Gasteiger partial charge on any atom is -0.410 e. The summed E-state index contributed by atoms with van der Waals surface area (Å²) in [6.45, 7) is 4.22. The molecular weight excluding hydrogens is 390 g/mol. The van der Waals surface area contributed by atoms with Crippen LogP contribution in [0.4, 0.5) is 0 Å². The van der Waals surface area contributed by atoms with Gasteiger partial charge in [-0.05, 0) is 56.6 Å². The molecule has 2 aromatic rings. The van der Waals surface area contributed by atoms with Crippen LogP contribution in [0.3, 0.4) is 0 Å². The molecule has 2 heterocycles. The maximum atomic E-state index is 12.5. The van der Waals surface area contributed by atoms with Crippen molar-refractivity contribution in [3.05, 3.63) is 16.5 Å². The maximum absolute atomic E-state index is 12.5. The van der Waals surface area contributed by atoms with E-state index in [1.165, 1.54) is 54.3 Å². The molecule has 1 saturated carbocycles. The highest BCUT2D eigenvalue weighted by Crippen LogP contribution is 2.37. The number of aryl methyl sites for hydroxylation is 1. The second kappa shape index (κ2) is 8.99. The van der Waals surface area contributed by atoms with Crippen molar-refractivity contribution in [1.29, 1.82) is 0 Å². The van der Waals surface area contributed by atoms with Gasteiger partial charge in [0.05, 0.1) is 10.1 Å². The van der Waals surface area contributed by atoms with Crippen LogP contribution in [0.2, 0.25) is 0 Å². The molecule has 1 N–H and O–H groups in total. The zero-order valence-electron chi connectivity index (χ0n) is 16.7. The van der Waals surface area contributed by atoms with Crippen molar-refractivity contribution in [2.45, 2.75) is 88.1 Å². The van der Waals surface area contributed by atoms with Crippen molar-refractivity contribution in [3.63, 3.8) is 0 Å². The number of carbonyl (C=O) groups is 1. The Kier molecular flexibility index (Phi) is 6.41. The Hall–Kier alpha value is -1.34. The summed E-state index contributed by atoms with van der Waals surface area (Å²) in [5, 5.41) is 11.8. The average molecular weight is 420 g/mol. The molecule has 2 aliphatic rings. The molecule has 4 rings (SSSR count). The first kappa shape index (κ1) is 20.0. The Bertz CT molecular complexity index is 808. The van der Waals surface area contributed by atoms with Crippen molar-refractivity contribution >= 4 is 29.0 Å². The monoisotopic (exact) mass is 419 g/mol. The summed E-state index contributed by atoms with van der Waals surface area (Å²) in [7, 11) is 0. The second-order valence-electron chi connectivity index (χ2n) is 8.24. The van der Waals surface area contributed by atoms with E-state index in [2.05, 4.69) is 28.5 Å². The van der Waals surface area contributed by atoms with Gasteiger partial charge in [-0.25, -0.2) is 0 Å². The van der Waals surface area contributed by atoms with E-state index < -0.39 is 0 Å². The van der Waals surface area contributed by atoms with Gasteiger partial charge in [-0.2, -0.15) is 0 Å². The number of nitrogens with zero attached hydrogens (tertiary/aromatic N) is 2. The third-order valence-electron chi connectivity index (χ3n) is 5.79.